The van der Waals surface area contributed by atoms with Crippen LogP contribution in [0, 0.1) is 5.82 Å². The van der Waals surface area contributed by atoms with Gasteiger partial charge in [0.05, 0.1) is 12.8 Å². The van der Waals surface area contributed by atoms with E-state index in [9.17, 15) is 14.0 Å². The van der Waals surface area contributed by atoms with Crippen LogP contribution >= 0.6 is 0 Å². The fraction of sp³-hybridized carbons (Fsp3) is 0.286. The number of benzene rings is 2. The van der Waals surface area contributed by atoms with Gasteiger partial charge in [0.1, 0.15) is 12.4 Å². The van der Waals surface area contributed by atoms with Gasteiger partial charge in [-0.25, -0.2) is 9.82 Å². The molecule has 0 bridgehead atoms. The Balaban J connectivity index is 2.03. The number of amides is 2. The summed E-state index contributed by atoms with van der Waals surface area (Å²) in [6.07, 6.45) is 1.38. The Bertz CT molecular complexity index is 884. The standard InChI is InChI=1S/C21H24FN3O4/c1-4-28-19-11-15(12-23-25-21(27)20(26)24-14(2)3)9-10-18(19)29-13-16-7-5-6-8-17(16)22/h5-12,14H,4,13H2,1-3H3,(H,24,26)(H,25,27)/b23-12-. The van der Waals surface area contributed by atoms with Gasteiger partial charge in [-0.1, -0.05) is 18.2 Å². The normalized spacial score (nSPS) is 10.8. The monoisotopic (exact) mass is 401 g/mol. The summed E-state index contributed by atoms with van der Waals surface area (Å²) in [5.41, 5.74) is 3.21. The van der Waals surface area contributed by atoms with Crippen molar-refractivity contribution in [3.8, 4) is 11.5 Å². The van der Waals surface area contributed by atoms with Gasteiger partial charge in [0.2, 0.25) is 0 Å². The Morgan fingerprint density at radius 2 is 1.86 bits per heavy atom. The van der Waals surface area contributed by atoms with Crippen LogP contribution < -0.4 is 20.2 Å². The van der Waals surface area contributed by atoms with Crippen LogP contribution in [0.25, 0.3) is 0 Å². The molecule has 2 aromatic carbocycles. The van der Waals surface area contributed by atoms with Crippen LogP contribution in [0.5, 0.6) is 11.5 Å². The quantitative estimate of drug-likeness (QED) is 0.404. The second kappa shape index (κ2) is 10.8. The van der Waals surface area contributed by atoms with Crippen molar-refractivity contribution in [2.24, 2.45) is 5.10 Å². The Morgan fingerprint density at radius 3 is 2.55 bits per heavy atom. The fourth-order valence-electron chi connectivity index (χ4n) is 2.31. The number of carbonyl (C=O) groups excluding carboxylic acids is 2. The minimum Gasteiger partial charge on any atom is -0.490 e. The van der Waals surface area contributed by atoms with Crippen molar-refractivity contribution in [3.63, 3.8) is 0 Å². The Labute approximate surface area is 168 Å². The summed E-state index contributed by atoms with van der Waals surface area (Å²) in [6, 6.07) is 11.3. The lowest BCUT2D eigenvalue weighted by atomic mass is 10.2. The lowest BCUT2D eigenvalue weighted by Crippen LogP contribution is -2.41. The summed E-state index contributed by atoms with van der Waals surface area (Å²) in [7, 11) is 0. The van der Waals surface area contributed by atoms with Gasteiger partial charge in [0.25, 0.3) is 0 Å². The van der Waals surface area contributed by atoms with Crippen molar-refractivity contribution < 1.29 is 23.5 Å². The summed E-state index contributed by atoms with van der Waals surface area (Å²) >= 11 is 0. The van der Waals surface area contributed by atoms with Crippen LogP contribution in [0.1, 0.15) is 31.9 Å². The Kier molecular flexibility index (Phi) is 8.14. The third-order valence-electron chi connectivity index (χ3n) is 3.61. The SMILES string of the molecule is CCOc1cc(/C=N\NC(=O)C(=O)NC(C)C)ccc1OCc1ccccc1F. The number of hydrogen-bond donors (Lipinski definition) is 2. The highest BCUT2D eigenvalue weighted by molar-refractivity contribution is 6.35. The Morgan fingerprint density at radius 1 is 1.10 bits per heavy atom. The molecule has 0 spiro atoms. The highest BCUT2D eigenvalue weighted by Gasteiger charge is 2.13. The van der Waals surface area contributed by atoms with E-state index in [4.69, 9.17) is 9.47 Å². The molecule has 0 saturated heterocycles. The molecule has 0 heterocycles. The lowest BCUT2D eigenvalue weighted by molar-refractivity contribution is -0.139. The van der Waals surface area contributed by atoms with E-state index in [2.05, 4.69) is 15.8 Å². The summed E-state index contributed by atoms with van der Waals surface area (Å²) in [6.45, 7) is 5.79. The van der Waals surface area contributed by atoms with Gasteiger partial charge in [0.15, 0.2) is 11.5 Å². The lowest BCUT2D eigenvalue weighted by Gasteiger charge is -2.13. The molecular formula is C21H24FN3O4. The highest BCUT2D eigenvalue weighted by atomic mass is 19.1. The maximum absolute atomic E-state index is 13.7. The van der Waals surface area contributed by atoms with Gasteiger partial charge < -0.3 is 14.8 Å². The molecule has 2 amide bonds. The number of hydrazone groups is 1. The molecule has 0 saturated carbocycles. The van der Waals surface area contributed by atoms with Crippen molar-refractivity contribution in [2.75, 3.05) is 6.61 Å². The van der Waals surface area contributed by atoms with Gasteiger partial charge in [0, 0.05) is 11.6 Å². The topological polar surface area (TPSA) is 89.0 Å². The van der Waals surface area contributed by atoms with Crippen molar-refractivity contribution in [3.05, 3.63) is 59.4 Å². The second-order valence-electron chi connectivity index (χ2n) is 6.35. The van der Waals surface area contributed by atoms with Gasteiger partial charge in [-0.15, -0.1) is 0 Å². The van der Waals surface area contributed by atoms with E-state index in [0.29, 0.717) is 29.2 Å². The van der Waals surface area contributed by atoms with Crippen molar-refractivity contribution in [1.82, 2.24) is 10.7 Å². The van der Waals surface area contributed by atoms with Crippen LogP contribution in [0.15, 0.2) is 47.6 Å². The van der Waals surface area contributed by atoms with E-state index >= 15 is 0 Å². The molecule has 0 radical (unpaired) electrons. The zero-order valence-electron chi connectivity index (χ0n) is 16.6. The first-order valence-electron chi connectivity index (χ1n) is 9.17. The second-order valence-corrected chi connectivity index (χ2v) is 6.35. The molecule has 0 aliphatic heterocycles. The van der Waals surface area contributed by atoms with Crippen molar-refractivity contribution >= 4 is 18.0 Å². The predicted octanol–water partition coefficient (Wildman–Crippen LogP) is 2.78. The minimum absolute atomic E-state index is 0.0567. The number of ether oxygens (including phenoxy) is 2. The zero-order valence-corrected chi connectivity index (χ0v) is 16.6. The molecule has 0 aromatic heterocycles. The fourth-order valence-corrected chi connectivity index (χ4v) is 2.31. The minimum atomic E-state index is -0.857. The molecule has 2 N–H and O–H groups in total. The molecule has 2 aromatic rings. The van der Waals surface area contributed by atoms with Crippen LogP contribution in [0.2, 0.25) is 0 Å². The number of nitrogens with one attached hydrogen (secondary N) is 2. The molecule has 154 valence electrons. The third-order valence-corrected chi connectivity index (χ3v) is 3.61. The molecular weight excluding hydrogens is 377 g/mol. The largest absolute Gasteiger partial charge is 0.490 e. The highest BCUT2D eigenvalue weighted by Crippen LogP contribution is 2.29. The van der Waals surface area contributed by atoms with Crippen LogP contribution in [0.4, 0.5) is 4.39 Å². The van der Waals surface area contributed by atoms with E-state index in [0.717, 1.165) is 0 Å². The summed E-state index contributed by atoms with van der Waals surface area (Å²) < 4.78 is 25.0. The van der Waals surface area contributed by atoms with Crippen LogP contribution in [-0.2, 0) is 16.2 Å². The summed E-state index contributed by atoms with van der Waals surface area (Å²) in [4.78, 5) is 23.2. The first kappa shape index (κ1) is 21.9. The number of hydrogen-bond acceptors (Lipinski definition) is 5. The predicted molar refractivity (Wildman–Crippen MR) is 107 cm³/mol. The zero-order chi connectivity index (χ0) is 21.2. The number of nitrogens with zero attached hydrogens (tertiary/aromatic N) is 1. The average Bonchev–Trinajstić information content (AvgIpc) is 2.68. The van der Waals surface area contributed by atoms with Crippen molar-refractivity contribution in [2.45, 2.75) is 33.4 Å². The van der Waals surface area contributed by atoms with E-state index in [1.54, 1.807) is 50.2 Å². The molecule has 0 aliphatic carbocycles. The third kappa shape index (κ3) is 6.91. The smallest absolute Gasteiger partial charge is 0.329 e. The molecule has 8 heteroatoms. The Hall–Kier alpha value is -3.42. The van der Waals surface area contributed by atoms with Crippen LogP contribution in [-0.4, -0.2) is 30.7 Å². The molecule has 0 aliphatic rings. The summed E-state index contributed by atoms with van der Waals surface area (Å²) in [5.74, 6) is -1.05. The maximum Gasteiger partial charge on any atom is 0.329 e. The molecule has 29 heavy (non-hydrogen) atoms. The summed E-state index contributed by atoms with van der Waals surface area (Å²) in [5, 5.41) is 6.24. The molecule has 7 nitrogen and oxygen atoms in total. The van der Waals surface area contributed by atoms with Gasteiger partial charge in [-0.3, -0.25) is 9.59 Å². The molecule has 0 unspecified atom stereocenters. The number of carbonyl (C=O) groups is 2. The number of halogens is 1. The van der Waals surface area contributed by atoms with E-state index in [-0.39, 0.29) is 18.5 Å². The molecule has 0 atom stereocenters. The van der Waals surface area contributed by atoms with Crippen LogP contribution in [0.3, 0.4) is 0 Å². The molecule has 2 rings (SSSR count). The van der Waals surface area contributed by atoms with E-state index in [1.165, 1.54) is 12.3 Å². The van der Waals surface area contributed by atoms with E-state index in [1.807, 2.05) is 6.92 Å². The average molecular weight is 401 g/mol. The van der Waals surface area contributed by atoms with E-state index < -0.39 is 11.8 Å². The molecule has 0 fully saturated rings. The van der Waals surface area contributed by atoms with Gasteiger partial charge >= 0.3 is 11.8 Å². The van der Waals surface area contributed by atoms with Crippen molar-refractivity contribution in [1.29, 1.82) is 0 Å². The maximum atomic E-state index is 13.7. The van der Waals surface area contributed by atoms with Gasteiger partial charge in [-0.2, -0.15) is 5.10 Å². The first-order chi connectivity index (χ1) is 13.9. The number of rotatable bonds is 8. The van der Waals surface area contributed by atoms with Gasteiger partial charge in [-0.05, 0) is 50.6 Å². The first-order valence-corrected chi connectivity index (χ1v) is 9.17.